The Morgan fingerprint density at radius 1 is 1.40 bits per heavy atom. The molecule has 0 aliphatic heterocycles. The highest BCUT2D eigenvalue weighted by molar-refractivity contribution is 5.72. The largest absolute Gasteiger partial charge is 0.466 e. The number of hydrogen-bond acceptors (Lipinski definition) is 3. The minimum Gasteiger partial charge on any atom is -0.466 e. The number of pyridine rings is 1. The number of rotatable bonds is 4. The highest BCUT2D eigenvalue weighted by Gasteiger charge is 2.38. The lowest BCUT2D eigenvalue weighted by Gasteiger charge is -2.16. The molecule has 1 aromatic rings. The van der Waals surface area contributed by atoms with Gasteiger partial charge in [0.15, 0.2) is 0 Å². The normalized spacial score (nSPS) is 11.8. The van der Waals surface area contributed by atoms with E-state index in [1.165, 1.54) is 13.8 Å². The molecule has 0 aliphatic carbocycles. The molecule has 112 valence electrons. The third-order valence-electron chi connectivity index (χ3n) is 2.41. The van der Waals surface area contributed by atoms with Crippen molar-refractivity contribution in [1.29, 1.82) is 0 Å². The van der Waals surface area contributed by atoms with Crippen molar-refractivity contribution in [3.05, 3.63) is 28.6 Å². The van der Waals surface area contributed by atoms with Crippen LogP contribution in [-0.4, -0.2) is 17.6 Å². The van der Waals surface area contributed by atoms with E-state index < -0.39 is 41.8 Å². The van der Waals surface area contributed by atoms with Crippen LogP contribution in [0.2, 0.25) is 0 Å². The van der Waals surface area contributed by atoms with Crippen molar-refractivity contribution in [2.75, 3.05) is 6.61 Å². The van der Waals surface area contributed by atoms with Crippen molar-refractivity contribution in [1.82, 2.24) is 4.98 Å². The summed E-state index contributed by atoms with van der Waals surface area (Å²) in [4.78, 5) is 14.9. The minimum absolute atomic E-state index is 0.000783. The molecule has 8 heteroatoms. The van der Waals surface area contributed by atoms with Crippen molar-refractivity contribution in [2.24, 2.45) is 0 Å². The Balaban J connectivity index is 3.35. The fourth-order valence-corrected chi connectivity index (χ4v) is 1.71. The summed E-state index contributed by atoms with van der Waals surface area (Å²) in [5, 5.41) is 0. The maximum absolute atomic E-state index is 12.9. The summed E-state index contributed by atoms with van der Waals surface area (Å²) in [5.41, 5.74) is -3.44. The summed E-state index contributed by atoms with van der Waals surface area (Å²) in [7, 11) is 0. The number of aromatic nitrogens is 1. The Kier molecular flexibility index (Phi) is 5.02. The molecular weight excluding hydrogens is 285 g/mol. The first kappa shape index (κ1) is 16.3. The van der Waals surface area contributed by atoms with E-state index in [0.717, 1.165) is 0 Å². The number of carbonyl (C=O) groups is 1. The van der Waals surface area contributed by atoms with Gasteiger partial charge in [0.1, 0.15) is 0 Å². The van der Waals surface area contributed by atoms with Gasteiger partial charge in [-0.3, -0.25) is 9.78 Å². The molecule has 0 atom stereocenters. The van der Waals surface area contributed by atoms with Crippen LogP contribution < -0.4 is 0 Å². The molecule has 0 saturated heterocycles. The summed E-state index contributed by atoms with van der Waals surface area (Å²) in [6.07, 6.45) is -9.05. The van der Waals surface area contributed by atoms with Crippen LogP contribution in [0.3, 0.4) is 0 Å². The lowest BCUT2D eigenvalue weighted by molar-refractivity contribution is -0.143. The minimum atomic E-state index is -4.94. The molecule has 0 aromatic carbocycles. The third-order valence-corrected chi connectivity index (χ3v) is 2.41. The van der Waals surface area contributed by atoms with E-state index in [0.29, 0.717) is 6.07 Å². The predicted molar refractivity (Wildman–Crippen MR) is 59.3 cm³/mol. The number of hydrogen-bond donors (Lipinski definition) is 0. The summed E-state index contributed by atoms with van der Waals surface area (Å²) in [6, 6.07) is 0.538. The highest BCUT2D eigenvalue weighted by atomic mass is 19.4. The second-order valence-electron chi connectivity index (χ2n) is 3.95. The molecule has 0 amide bonds. The van der Waals surface area contributed by atoms with Crippen LogP contribution in [0.1, 0.15) is 35.9 Å². The first-order valence-electron chi connectivity index (χ1n) is 5.68. The van der Waals surface area contributed by atoms with Gasteiger partial charge in [0.25, 0.3) is 6.43 Å². The van der Waals surface area contributed by atoms with Crippen molar-refractivity contribution in [3.63, 3.8) is 0 Å². The van der Waals surface area contributed by atoms with Crippen molar-refractivity contribution < 1.29 is 31.5 Å². The van der Waals surface area contributed by atoms with Crippen LogP contribution in [0.5, 0.6) is 0 Å². The van der Waals surface area contributed by atoms with E-state index in [2.05, 4.69) is 9.72 Å². The Bertz CT molecular complexity index is 499. The lowest BCUT2D eigenvalue weighted by Crippen LogP contribution is -2.17. The standard InChI is InChI=1S/C12H12F5NO2/c1-3-20-9(19)5-8-10(11(13)14)7(12(15,16)17)4-6(2)18-8/h4,11H,3,5H2,1-2H3. The molecular formula is C12H12F5NO2. The van der Waals surface area contributed by atoms with Crippen molar-refractivity contribution in [3.8, 4) is 0 Å². The first-order valence-corrected chi connectivity index (χ1v) is 5.68. The van der Waals surface area contributed by atoms with Gasteiger partial charge in [-0.2, -0.15) is 13.2 Å². The zero-order valence-electron chi connectivity index (χ0n) is 10.7. The zero-order valence-corrected chi connectivity index (χ0v) is 10.7. The molecule has 0 radical (unpaired) electrons. The molecule has 0 bridgehead atoms. The van der Waals surface area contributed by atoms with Crippen LogP contribution in [0.25, 0.3) is 0 Å². The summed E-state index contributed by atoms with van der Waals surface area (Å²) in [6.45, 7) is 2.73. The van der Waals surface area contributed by atoms with Gasteiger partial charge < -0.3 is 4.74 Å². The lowest BCUT2D eigenvalue weighted by atomic mass is 10.0. The van der Waals surface area contributed by atoms with Gasteiger partial charge in [-0.25, -0.2) is 8.78 Å². The fourth-order valence-electron chi connectivity index (χ4n) is 1.71. The van der Waals surface area contributed by atoms with E-state index >= 15 is 0 Å². The average molecular weight is 297 g/mol. The SMILES string of the molecule is CCOC(=O)Cc1nc(C)cc(C(F)(F)F)c1C(F)F. The van der Waals surface area contributed by atoms with Crippen LogP contribution >= 0.6 is 0 Å². The van der Waals surface area contributed by atoms with E-state index in [1.54, 1.807) is 0 Å². The quantitative estimate of drug-likeness (QED) is 0.631. The second kappa shape index (κ2) is 6.15. The molecule has 0 unspecified atom stereocenters. The molecule has 1 aromatic heterocycles. The molecule has 3 nitrogen and oxygen atoms in total. The first-order chi connectivity index (χ1) is 9.16. The van der Waals surface area contributed by atoms with Crippen LogP contribution in [0, 0.1) is 6.92 Å². The molecule has 0 saturated carbocycles. The predicted octanol–water partition coefficient (Wildman–Crippen LogP) is 3.45. The van der Waals surface area contributed by atoms with Crippen LogP contribution in [0.15, 0.2) is 6.07 Å². The van der Waals surface area contributed by atoms with E-state index in [1.807, 2.05) is 0 Å². The number of nitrogens with zero attached hydrogens (tertiary/aromatic N) is 1. The molecule has 0 N–H and O–H groups in total. The van der Waals surface area contributed by atoms with Crippen molar-refractivity contribution >= 4 is 5.97 Å². The fraction of sp³-hybridized carbons (Fsp3) is 0.500. The number of ether oxygens (including phenoxy) is 1. The molecule has 1 rings (SSSR count). The van der Waals surface area contributed by atoms with Gasteiger partial charge in [0.05, 0.1) is 29.8 Å². The number of esters is 1. The van der Waals surface area contributed by atoms with Crippen LogP contribution in [-0.2, 0) is 22.1 Å². The molecule has 20 heavy (non-hydrogen) atoms. The van der Waals surface area contributed by atoms with Gasteiger partial charge >= 0.3 is 12.1 Å². The summed E-state index contributed by atoms with van der Waals surface area (Å²) >= 11 is 0. The van der Waals surface area contributed by atoms with E-state index in [9.17, 15) is 26.7 Å². The number of alkyl halides is 5. The van der Waals surface area contributed by atoms with Gasteiger partial charge in [0.2, 0.25) is 0 Å². The Morgan fingerprint density at radius 3 is 2.45 bits per heavy atom. The second-order valence-corrected chi connectivity index (χ2v) is 3.95. The van der Waals surface area contributed by atoms with Gasteiger partial charge in [0, 0.05) is 5.69 Å². The Morgan fingerprint density at radius 2 is 2.00 bits per heavy atom. The monoisotopic (exact) mass is 297 g/mol. The topological polar surface area (TPSA) is 39.2 Å². The van der Waals surface area contributed by atoms with E-state index in [4.69, 9.17) is 0 Å². The van der Waals surface area contributed by atoms with Crippen molar-refractivity contribution in [2.45, 2.75) is 32.9 Å². The maximum Gasteiger partial charge on any atom is 0.417 e. The summed E-state index contributed by atoms with van der Waals surface area (Å²) < 4.78 is 68.7. The Labute approximate surface area is 111 Å². The summed E-state index contributed by atoms with van der Waals surface area (Å²) in [5.74, 6) is -0.902. The van der Waals surface area contributed by atoms with E-state index in [-0.39, 0.29) is 12.3 Å². The van der Waals surface area contributed by atoms with Crippen LogP contribution in [0.4, 0.5) is 22.0 Å². The smallest absolute Gasteiger partial charge is 0.417 e. The molecule has 0 spiro atoms. The molecule has 0 aliphatic rings. The van der Waals surface area contributed by atoms with Gasteiger partial charge in [-0.1, -0.05) is 0 Å². The zero-order chi connectivity index (χ0) is 15.5. The Hall–Kier alpha value is -1.73. The van der Waals surface area contributed by atoms with Gasteiger partial charge in [-0.15, -0.1) is 0 Å². The van der Waals surface area contributed by atoms with Gasteiger partial charge in [-0.05, 0) is 19.9 Å². The highest BCUT2D eigenvalue weighted by Crippen LogP contribution is 2.38. The average Bonchev–Trinajstić information content (AvgIpc) is 2.26. The number of halogens is 5. The maximum atomic E-state index is 12.9. The number of carbonyl (C=O) groups excluding carboxylic acids is 1. The number of aryl methyl sites for hydroxylation is 1. The molecule has 1 heterocycles. The third kappa shape index (κ3) is 3.88. The molecule has 0 fully saturated rings.